The van der Waals surface area contributed by atoms with Crippen molar-refractivity contribution < 1.29 is 9.59 Å². The molecule has 3 rings (SSSR count). The van der Waals surface area contributed by atoms with Crippen molar-refractivity contribution in [2.75, 3.05) is 11.4 Å². The number of benzene rings is 3. The lowest BCUT2D eigenvalue weighted by Crippen LogP contribution is -2.39. The molecule has 3 amide bonds. The summed E-state index contributed by atoms with van der Waals surface area (Å²) >= 11 is 0. The van der Waals surface area contributed by atoms with Gasteiger partial charge in [0.2, 0.25) is 5.91 Å². The van der Waals surface area contributed by atoms with Crippen LogP contribution >= 0.6 is 0 Å². The highest BCUT2D eigenvalue weighted by molar-refractivity contribution is 5.92. The van der Waals surface area contributed by atoms with E-state index in [2.05, 4.69) is 23.3 Å². The average Bonchev–Trinajstić information content (AvgIpc) is 2.82. The molecule has 2 N–H and O–H groups in total. The van der Waals surface area contributed by atoms with E-state index in [1.165, 1.54) is 0 Å². The molecule has 170 valence electrons. The first-order valence-corrected chi connectivity index (χ1v) is 11.1. The predicted octanol–water partition coefficient (Wildman–Crippen LogP) is 5.32. The minimum Gasteiger partial charge on any atom is -0.349 e. The summed E-state index contributed by atoms with van der Waals surface area (Å²) in [7, 11) is 0. The summed E-state index contributed by atoms with van der Waals surface area (Å²) in [5, 5.41) is 5.89. The zero-order chi connectivity index (χ0) is 23.6. The third-order valence-electron chi connectivity index (χ3n) is 5.36. The number of hydrogen-bond donors (Lipinski definition) is 2. The summed E-state index contributed by atoms with van der Waals surface area (Å²) in [5.74, 6) is -0.0422. The molecule has 0 unspecified atom stereocenters. The number of hydrogen-bond acceptors (Lipinski definition) is 2. The van der Waals surface area contributed by atoms with Crippen molar-refractivity contribution in [2.45, 2.75) is 32.9 Å². The van der Waals surface area contributed by atoms with E-state index >= 15 is 0 Å². The molecule has 0 fully saturated rings. The maximum absolute atomic E-state index is 12.8. The summed E-state index contributed by atoms with van der Waals surface area (Å²) < 4.78 is 0. The molecule has 0 saturated carbocycles. The van der Waals surface area contributed by atoms with Crippen molar-refractivity contribution in [1.29, 1.82) is 0 Å². The number of carbonyl (C=O) groups excluding carboxylic acids is 2. The monoisotopic (exact) mass is 441 g/mol. The van der Waals surface area contributed by atoms with Crippen LogP contribution in [0.2, 0.25) is 0 Å². The van der Waals surface area contributed by atoms with Crippen LogP contribution in [0.3, 0.4) is 0 Å². The summed E-state index contributed by atoms with van der Waals surface area (Å²) in [6.07, 6.45) is 1.93. The molecule has 0 aliphatic heterocycles. The molecule has 0 spiro atoms. The first kappa shape index (κ1) is 23.8. The number of anilines is 1. The van der Waals surface area contributed by atoms with Crippen LogP contribution in [-0.4, -0.2) is 18.5 Å². The van der Waals surface area contributed by atoms with Gasteiger partial charge in [-0.2, -0.15) is 0 Å². The smallest absolute Gasteiger partial charge is 0.322 e. The Morgan fingerprint density at radius 1 is 0.970 bits per heavy atom. The van der Waals surface area contributed by atoms with Crippen LogP contribution < -0.4 is 15.5 Å². The maximum atomic E-state index is 12.8. The first-order valence-electron chi connectivity index (χ1n) is 11.1. The minimum absolute atomic E-state index is 0.0422. The Kier molecular flexibility index (Phi) is 8.42. The minimum atomic E-state index is -0.196. The summed E-state index contributed by atoms with van der Waals surface area (Å²) in [6, 6.07) is 25.3. The third kappa shape index (κ3) is 7.07. The van der Waals surface area contributed by atoms with Crippen molar-refractivity contribution in [3.8, 4) is 0 Å². The molecule has 3 aromatic rings. The van der Waals surface area contributed by atoms with Crippen molar-refractivity contribution in [3.05, 3.63) is 114 Å². The van der Waals surface area contributed by atoms with E-state index in [9.17, 15) is 9.59 Å². The first-order chi connectivity index (χ1) is 16.0. The highest BCUT2D eigenvalue weighted by Gasteiger charge is 2.16. The lowest BCUT2D eigenvalue weighted by Gasteiger charge is -2.23. The largest absolute Gasteiger partial charge is 0.349 e. The van der Waals surface area contributed by atoms with E-state index in [1.807, 2.05) is 86.6 Å². The van der Waals surface area contributed by atoms with Gasteiger partial charge in [-0.05, 0) is 42.7 Å². The van der Waals surface area contributed by atoms with E-state index in [0.29, 0.717) is 13.1 Å². The van der Waals surface area contributed by atoms with Gasteiger partial charge in [0.15, 0.2) is 0 Å². The molecular weight excluding hydrogens is 410 g/mol. The number of nitrogens with zero attached hydrogens (tertiary/aromatic N) is 1. The van der Waals surface area contributed by atoms with Crippen LogP contribution in [0.5, 0.6) is 0 Å². The van der Waals surface area contributed by atoms with Gasteiger partial charge >= 0.3 is 6.03 Å². The molecular formula is C28H31N3O2. The van der Waals surface area contributed by atoms with Gasteiger partial charge in [0.1, 0.15) is 0 Å². The van der Waals surface area contributed by atoms with Gasteiger partial charge < -0.3 is 10.6 Å². The third-order valence-corrected chi connectivity index (χ3v) is 5.36. The zero-order valence-electron chi connectivity index (χ0n) is 19.3. The molecule has 33 heavy (non-hydrogen) atoms. The molecule has 0 aliphatic carbocycles. The van der Waals surface area contributed by atoms with E-state index in [-0.39, 0.29) is 24.4 Å². The predicted molar refractivity (Wildman–Crippen MR) is 134 cm³/mol. The molecule has 5 heteroatoms. The second kappa shape index (κ2) is 11.7. The topological polar surface area (TPSA) is 61.4 Å². The van der Waals surface area contributed by atoms with Gasteiger partial charge in [0, 0.05) is 12.2 Å². The van der Waals surface area contributed by atoms with Crippen molar-refractivity contribution in [1.82, 2.24) is 10.6 Å². The molecule has 0 heterocycles. The zero-order valence-corrected chi connectivity index (χ0v) is 19.3. The number of nitrogens with one attached hydrogen (secondary N) is 2. The van der Waals surface area contributed by atoms with Gasteiger partial charge in [-0.25, -0.2) is 4.79 Å². The van der Waals surface area contributed by atoms with Crippen LogP contribution in [0.4, 0.5) is 10.5 Å². The van der Waals surface area contributed by atoms with Crippen molar-refractivity contribution in [2.24, 2.45) is 0 Å². The second-order valence-electron chi connectivity index (χ2n) is 8.09. The standard InChI is InChI=1S/C28H31N3O2/c1-4-17-29-28(33)31(20-24-10-8-9-21(2)18-24)26-15-13-23(14-16-26)19-27(32)30-22(3)25-11-6-5-7-12-25/h4-16,18,22H,1,17,19-20H2,2-3H3,(H,29,33)(H,30,32)/t22-/m1/s1. The Bertz CT molecular complexity index is 1080. The Morgan fingerprint density at radius 3 is 2.36 bits per heavy atom. The molecule has 0 radical (unpaired) electrons. The van der Waals surface area contributed by atoms with E-state index < -0.39 is 0 Å². The Labute approximate surface area is 196 Å². The van der Waals surface area contributed by atoms with Gasteiger partial charge in [-0.15, -0.1) is 6.58 Å². The average molecular weight is 442 g/mol. The molecule has 5 nitrogen and oxygen atoms in total. The molecule has 0 aromatic heterocycles. The fraction of sp³-hybridized carbons (Fsp3) is 0.214. The quantitative estimate of drug-likeness (QED) is 0.442. The molecule has 0 bridgehead atoms. The maximum Gasteiger partial charge on any atom is 0.322 e. The number of aryl methyl sites for hydroxylation is 1. The van der Waals surface area contributed by atoms with Gasteiger partial charge in [-0.1, -0.05) is 78.4 Å². The normalized spacial score (nSPS) is 11.3. The fourth-order valence-corrected chi connectivity index (χ4v) is 3.63. The summed E-state index contributed by atoms with van der Waals surface area (Å²) in [6.45, 7) is 8.51. The molecule has 0 aliphatic rings. The SMILES string of the molecule is C=CCNC(=O)N(Cc1cccc(C)c1)c1ccc(CC(=O)N[C@H](C)c2ccccc2)cc1. The highest BCUT2D eigenvalue weighted by atomic mass is 16.2. The Balaban J connectivity index is 1.69. The number of amides is 3. The second-order valence-corrected chi connectivity index (χ2v) is 8.09. The van der Waals surface area contributed by atoms with Crippen molar-refractivity contribution in [3.63, 3.8) is 0 Å². The van der Waals surface area contributed by atoms with Gasteiger partial charge in [0.05, 0.1) is 19.0 Å². The van der Waals surface area contributed by atoms with E-state index in [0.717, 1.165) is 27.9 Å². The van der Waals surface area contributed by atoms with E-state index in [4.69, 9.17) is 0 Å². The van der Waals surface area contributed by atoms with Crippen LogP contribution in [-0.2, 0) is 17.8 Å². The summed E-state index contributed by atoms with van der Waals surface area (Å²) in [4.78, 5) is 27.0. The molecule has 0 saturated heterocycles. The van der Waals surface area contributed by atoms with E-state index in [1.54, 1.807) is 11.0 Å². The van der Waals surface area contributed by atoms with Crippen LogP contribution in [0.15, 0.2) is 91.5 Å². The van der Waals surface area contributed by atoms with Crippen LogP contribution in [0.1, 0.15) is 35.2 Å². The number of rotatable bonds is 9. The Hall–Kier alpha value is -3.86. The molecule has 1 atom stereocenters. The summed E-state index contributed by atoms with van der Waals surface area (Å²) in [5.41, 5.74) is 4.91. The van der Waals surface area contributed by atoms with Gasteiger partial charge in [-0.3, -0.25) is 9.69 Å². The van der Waals surface area contributed by atoms with Gasteiger partial charge in [0.25, 0.3) is 0 Å². The fourth-order valence-electron chi connectivity index (χ4n) is 3.63. The molecule has 3 aromatic carbocycles. The highest BCUT2D eigenvalue weighted by Crippen LogP contribution is 2.20. The van der Waals surface area contributed by atoms with Crippen LogP contribution in [0, 0.1) is 6.92 Å². The van der Waals surface area contributed by atoms with Crippen LogP contribution in [0.25, 0.3) is 0 Å². The van der Waals surface area contributed by atoms with Crippen molar-refractivity contribution >= 4 is 17.6 Å². The lowest BCUT2D eigenvalue weighted by atomic mass is 10.1. The lowest BCUT2D eigenvalue weighted by molar-refractivity contribution is -0.121. The number of urea groups is 1. The Morgan fingerprint density at radius 2 is 1.70 bits per heavy atom. The number of carbonyl (C=O) groups is 2.